The van der Waals surface area contributed by atoms with Gasteiger partial charge < -0.3 is 9.26 Å². The van der Waals surface area contributed by atoms with E-state index < -0.39 is 15.6 Å². The topological polar surface area (TPSA) is 86.5 Å². The monoisotopic (exact) mass is 425 g/mol. The highest BCUT2D eigenvalue weighted by atomic mass is 32.2. The van der Waals surface area contributed by atoms with Crippen LogP contribution in [-0.2, 0) is 9.84 Å². The molecule has 0 N–H and O–H groups in total. The summed E-state index contributed by atoms with van der Waals surface area (Å²) in [7, 11) is -2.52. The Kier molecular flexibility index (Phi) is 5.04. The van der Waals surface area contributed by atoms with Crippen molar-refractivity contribution in [3.63, 3.8) is 0 Å². The molecule has 0 unspecified atom stereocenters. The lowest BCUT2D eigenvalue weighted by atomic mass is 10.1. The molecule has 0 fully saturated rings. The minimum absolute atomic E-state index is 0.0562. The summed E-state index contributed by atoms with van der Waals surface area (Å²) in [5.74, 6) is 0.0903. The molecule has 0 aliphatic rings. The van der Waals surface area contributed by atoms with Crippen molar-refractivity contribution in [2.75, 3.05) is 7.11 Å². The van der Waals surface area contributed by atoms with Gasteiger partial charge in [-0.05, 0) is 47.8 Å². The van der Waals surface area contributed by atoms with Gasteiger partial charge in [-0.2, -0.15) is 0 Å². The smallest absolute Gasteiger partial charge is 0.216 e. The molecule has 0 saturated heterocycles. The zero-order valence-corrected chi connectivity index (χ0v) is 16.9. The van der Waals surface area contributed by atoms with E-state index in [1.54, 1.807) is 60.0 Å². The van der Waals surface area contributed by atoms with Gasteiger partial charge in [-0.3, -0.25) is 4.79 Å². The number of ketones is 1. The predicted molar refractivity (Wildman–Crippen MR) is 108 cm³/mol. The van der Waals surface area contributed by atoms with Crippen LogP contribution in [0, 0.1) is 0 Å². The van der Waals surface area contributed by atoms with Crippen LogP contribution < -0.4 is 4.74 Å². The Morgan fingerprint density at radius 2 is 1.72 bits per heavy atom. The third-order valence-corrected chi connectivity index (χ3v) is 6.96. The van der Waals surface area contributed by atoms with E-state index in [4.69, 9.17) is 9.26 Å². The molecule has 0 radical (unpaired) electrons. The second-order valence-corrected chi connectivity index (χ2v) is 8.88. The molecular weight excluding hydrogens is 410 g/mol. The van der Waals surface area contributed by atoms with Crippen LogP contribution in [0.2, 0.25) is 0 Å². The summed E-state index contributed by atoms with van der Waals surface area (Å²) in [5, 5.41) is 5.65. The number of ether oxygens (including phenoxy) is 1. The van der Waals surface area contributed by atoms with Gasteiger partial charge in [0.25, 0.3) is 0 Å². The summed E-state index contributed by atoms with van der Waals surface area (Å²) < 4.78 is 37.3. The van der Waals surface area contributed by atoms with Crippen LogP contribution in [0.1, 0.15) is 16.1 Å². The van der Waals surface area contributed by atoms with Crippen molar-refractivity contribution < 1.29 is 22.5 Å². The lowest BCUT2D eigenvalue weighted by Gasteiger charge is -2.06. The number of aromatic nitrogens is 1. The molecule has 146 valence electrons. The Morgan fingerprint density at radius 1 is 1.00 bits per heavy atom. The standard InChI is InChI=1S/C21H15NO5S2/c1-26-15-11-9-14(10-12-15)19(23)18-21(20(27-22-18)17-8-5-13-28-17)29(24,25)16-6-3-2-4-7-16/h2-13H,1H3. The normalized spacial score (nSPS) is 11.3. The first-order valence-electron chi connectivity index (χ1n) is 8.55. The molecule has 29 heavy (non-hydrogen) atoms. The van der Waals surface area contributed by atoms with E-state index in [0.717, 1.165) is 0 Å². The summed E-state index contributed by atoms with van der Waals surface area (Å²) in [6.07, 6.45) is 0. The number of sulfone groups is 1. The Labute approximate surface area is 171 Å². The van der Waals surface area contributed by atoms with Crippen LogP contribution in [0.15, 0.2) is 86.4 Å². The van der Waals surface area contributed by atoms with E-state index in [1.165, 1.54) is 30.6 Å². The molecule has 0 amide bonds. The van der Waals surface area contributed by atoms with E-state index in [9.17, 15) is 13.2 Å². The van der Waals surface area contributed by atoms with Crippen molar-refractivity contribution in [2.45, 2.75) is 9.79 Å². The van der Waals surface area contributed by atoms with E-state index in [1.807, 2.05) is 0 Å². The zero-order valence-electron chi connectivity index (χ0n) is 15.2. The van der Waals surface area contributed by atoms with E-state index in [-0.39, 0.29) is 26.8 Å². The summed E-state index contributed by atoms with van der Waals surface area (Å²) >= 11 is 1.30. The van der Waals surface area contributed by atoms with Gasteiger partial charge in [-0.15, -0.1) is 11.3 Å². The van der Waals surface area contributed by atoms with Gasteiger partial charge in [-0.1, -0.05) is 29.4 Å². The number of carbonyl (C=O) groups is 1. The molecule has 2 aromatic heterocycles. The number of hydrogen-bond donors (Lipinski definition) is 0. The maximum Gasteiger partial charge on any atom is 0.216 e. The van der Waals surface area contributed by atoms with Crippen LogP contribution in [-0.4, -0.2) is 26.5 Å². The fraction of sp³-hybridized carbons (Fsp3) is 0.0476. The number of thiophene rings is 1. The molecule has 8 heteroatoms. The number of carbonyl (C=O) groups excluding carboxylic acids is 1. The lowest BCUT2D eigenvalue weighted by molar-refractivity contribution is 0.102. The van der Waals surface area contributed by atoms with Crippen molar-refractivity contribution in [3.05, 3.63) is 83.4 Å². The van der Waals surface area contributed by atoms with Gasteiger partial charge in [0.05, 0.1) is 16.9 Å². The van der Waals surface area contributed by atoms with Crippen LogP contribution in [0.3, 0.4) is 0 Å². The average molecular weight is 425 g/mol. The molecule has 0 atom stereocenters. The number of rotatable bonds is 6. The second-order valence-electron chi connectivity index (χ2n) is 6.04. The van der Waals surface area contributed by atoms with Gasteiger partial charge in [0.15, 0.2) is 16.3 Å². The number of methoxy groups -OCH3 is 1. The lowest BCUT2D eigenvalue weighted by Crippen LogP contribution is -2.10. The summed E-state index contributed by atoms with van der Waals surface area (Å²) in [6, 6.07) is 17.8. The molecule has 0 spiro atoms. The quantitative estimate of drug-likeness (QED) is 0.424. The van der Waals surface area contributed by atoms with Gasteiger partial charge in [0, 0.05) is 5.56 Å². The highest BCUT2D eigenvalue weighted by Gasteiger charge is 2.34. The number of nitrogens with zero attached hydrogens (tertiary/aromatic N) is 1. The highest BCUT2D eigenvalue weighted by molar-refractivity contribution is 7.91. The first-order valence-corrected chi connectivity index (χ1v) is 10.9. The minimum Gasteiger partial charge on any atom is -0.497 e. The first kappa shape index (κ1) is 19.1. The Hall–Kier alpha value is -3.23. The van der Waals surface area contributed by atoms with Crippen molar-refractivity contribution in [2.24, 2.45) is 0 Å². The van der Waals surface area contributed by atoms with Crippen LogP contribution in [0.25, 0.3) is 10.6 Å². The molecular formula is C21H15NO5S2. The molecule has 0 aliphatic carbocycles. The first-order chi connectivity index (χ1) is 14.0. The summed E-state index contributed by atoms with van der Waals surface area (Å²) in [6.45, 7) is 0. The maximum absolute atomic E-state index is 13.4. The fourth-order valence-electron chi connectivity index (χ4n) is 2.84. The average Bonchev–Trinajstić information content (AvgIpc) is 3.44. The Morgan fingerprint density at radius 3 is 2.34 bits per heavy atom. The van der Waals surface area contributed by atoms with Gasteiger partial charge >= 0.3 is 0 Å². The third kappa shape index (κ3) is 3.48. The minimum atomic E-state index is -4.04. The van der Waals surface area contributed by atoms with Crippen LogP contribution >= 0.6 is 11.3 Å². The molecule has 6 nitrogen and oxygen atoms in total. The van der Waals surface area contributed by atoms with E-state index >= 15 is 0 Å². The Bertz CT molecular complexity index is 1240. The van der Waals surface area contributed by atoms with E-state index in [2.05, 4.69) is 5.16 Å². The van der Waals surface area contributed by atoms with Gasteiger partial charge in [0.1, 0.15) is 5.75 Å². The van der Waals surface area contributed by atoms with Crippen molar-refractivity contribution in [1.82, 2.24) is 5.16 Å². The second kappa shape index (κ2) is 7.65. The molecule has 4 aromatic rings. The zero-order chi connectivity index (χ0) is 20.4. The molecule has 0 aliphatic heterocycles. The largest absolute Gasteiger partial charge is 0.497 e. The molecule has 0 bridgehead atoms. The highest BCUT2D eigenvalue weighted by Crippen LogP contribution is 2.37. The van der Waals surface area contributed by atoms with Crippen LogP contribution in [0.4, 0.5) is 0 Å². The number of hydrogen-bond acceptors (Lipinski definition) is 7. The summed E-state index contributed by atoms with van der Waals surface area (Å²) in [5.41, 5.74) is 0.0313. The summed E-state index contributed by atoms with van der Waals surface area (Å²) in [4.78, 5) is 13.5. The molecule has 4 rings (SSSR count). The Balaban J connectivity index is 1.90. The maximum atomic E-state index is 13.4. The number of benzene rings is 2. The predicted octanol–water partition coefficient (Wildman–Crippen LogP) is 4.48. The molecule has 0 saturated carbocycles. The van der Waals surface area contributed by atoms with Crippen molar-refractivity contribution in [1.29, 1.82) is 0 Å². The fourth-order valence-corrected chi connectivity index (χ4v) is 5.14. The molecule has 2 aromatic carbocycles. The van der Waals surface area contributed by atoms with Gasteiger partial charge in [-0.25, -0.2) is 8.42 Å². The molecule has 2 heterocycles. The van der Waals surface area contributed by atoms with Crippen molar-refractivity contribution in [3.8, 4) is 16.4 Å². The van der Waals surface area contributed by atoms with E-state index in [0.29, 0.717) is 10.6 Å². The van der Waals surface area contributed by atoms with Gasteiger partial charge in [0.2, 0.25) is 15.6 Å². The SMILES string of the molecule is COc1ccc(C(=O)c2noc(-c3cccs3)c2S(=O)(=O)c2ccccc2)cc1. The van der Waals surface area contributed by atoms with Crippen molar-refractivity contribution >= 4 is 27.0 Å². The third-order valence-electron chi connectivity index (χ3n) is 4.28. The van der Waals surface area contributed by atoms with Crippen LogP contribution in [0.5, 0.6) is 5.75 Å².